The van der Waals surface area contributed by atoms with E-state index in [9.17, 15) is 4.79 Å². The summed E-state index contributed by atoms with van der Waals surface area (Å²) in [6.07, 6.45) is 3.77. The molecule has 0 saturated carbocycles. The number of esters is 1. The van der Waals surface area contributed by atoms with Crippen molar-refractivity contribution in [3.63, 3.8) is 0 Å². The van der Waals surface area contributed by atoms with Gasteiger partial charge in [-0.1, -0.05) is 48.0 Å². The van der Waals surface area contributed by atoms with Crippen molar-refractivity contribution in [3.8, 4) is 0 Å². The number of rotatable bonds is 7. The van der Waals surface area contributed by atoms with Gasteiger partial charge in [0.25, 0.3) is 0 Å². The first-order valence-corrected chi connectivity index (χ1v) is 6.66. The van der Waals surface area contributed by atoms with E-state index >= 15 is 0 Å². The Balaban J connectivity index is 4.71. The van der Waals surface area contributed by atoms with Crippen molar-refractivity contribution in [1.82, 2.24) is 0 Å². The van der Waals surface area contributed by atoms with Crippen LogP contribution in [0.25, 0.3) is 0 Å². The minimum absolute atomic E-state index is 0.0153. The van der Waals surface area contributed by atoms with Crippen LogP contribution < -0.4 is 0 Å². The summed E-state index contributed by atoms with van der Waals surface area (Å²) in [6.45, 7) is 12.5. The van der Waals surface area contributed by atoms with Gasteiger partial charge in [-0.05, 0) is 25.2 Å². The van der Waals surface area contributed by atoms with E-state index < -0.39 is 0 Å². The molecule has 2 nitrogen and oxygen atoms in total. The molecule has 2 heteroatoms. The van der Waals surface area contributed by atoms with E-state index in [1.165, 1.54) is 0 Å². The summed E-state index contributed by atoms with van der Waals surface area (Å²) < 4.78 is 5.80. The van der Waals surface area contributed by atoms with Gasteiger partial charge < -0.3 is 4.74 Å². The number of carbonyl (C=O) groups excluding carboxylic acids is 1. The Morgan fingerprint density at radius 3 is 2.06 bits per heavy atom. The maximum atomic E-state index is 11.9. The van der Waals surface area contributed by atoms with Crippen molar-refractivity contribution in [3.05, 3.63) is 0 Å². The van der Waals surface area contributed by atoms with Gasteiger partial charge in [0.2, 0.25) is 0 Å². The fourth-order valence-corrected chi connectivity index (χ4v) is 2.01. The van der Waals surface area contributed by atoms with Crippen molar-refractivity contribution >= 4 is 5.97 Å². The molecule has 0 aromatic heterocycles. The topological polar surface area (TPSA) is 26.3 Å². The normalized spacial score (nSPS) is 16.9. The molecule has 0 fully saturated rings. The van der Waals surface area contributed by atoms with E-state index in [0.29, 0.717) is 5.92 Å². The molecule has 16 heavy (non-hydrogen) atoms. The van der Waals surface area contributed by atoms with Crippen LogP contribution >= 0.6 is 0 Å². The van der Waals surface area contributed by atoms with Gasteiger partial charge in [-0.3, -0.25) is 4.79 Å². The number of ether oxygens (including phenoxy) is 1. The van der Waals surface area contributed by atoms with Crippen LogP contribution in [0.5, 0.6) is 0 Å². The van der Waals surface area contributed by atoms with Crippen LogP contribution in [0.4, 0.5) is 0 Å². The van der Waals surface area contributed by atoms with Gasteiger partial charge in [0, 0.05) is 0 Å². The molecule has 2 unspecified atom stereocenters. The average Bonchev–Trinajstić information content (AvgIpc) is 2.26. The summed E-state index contributed by atoms with van der Waals surface area (Å²) in [4.78, 5) is 11.9. The largest absolute Gasteiger partial charge is 0.459 e. The summed E-state index contributed by atoms with van der Waals surface area (Å²) in [5.41, 5.74) is -0.255. The summed E-state index contributed by atoms with van der Waals surface area (Å²) in [6, 6.07) is 0. The highest BCUT2D eigenvalue weighted by Crippen LogP contribution is 2.32. The van der Waals surface area contributed by atoms with E-state index in [-0.39, 0.29) is 17.5 Å². The first-order valence-electron chi connectivity index (χ1n) is 6.66. The molecule has 0 N–H and O–H groups in total. The molecular formula is C14H28O2. The maximum Gasteiger partial charge on any atom is 0.309 e. The maximum absolute atomic E-state index is 11.9. The molecule has 0 heterocycles. The van der Waals surface area contributed by atoms with E-state index in [4.69, 9.17) is 4.74 Å². The second-order valence-corrected chi connectivity index (χ2v) is 5.05. The van der Waals surface area contributed by atoms with Crippen LogP contribution in [0.3, 0.4) is 0 Å². The quantitative estimate of drug-likeness (QED) is 0.611. The highest BCUT2D eigenvalue weighted by molar-refractivity contribution is 5.72. The Bertz CT molecular complexity index is 211. The van der Waals surface area contributed by atoms with Crippen molar-refractivity contribution in [1.29, 1.82) is 0 Å². The first-order chi connectivity index (χ1) is 7.43. The molecule has 0 aliphatic rings. The Morgan fingerprint density at radius 1 is 1.19 bits per heavy atom. The minimum atomic E-state index is -0.255. The Labute approximate surface area is 101 Å². The Kier molecular flexibility index (Phi) is 6.70. The summed E-state index contributed by atoms with van der Waals surface area (Å²) in [7, 11) is 0. The lowest BCUT2D eigenvalue weighted by atomic mass is 9.83. The molecule has 0 saturated heterocycles. The van der Waals surface area contributed by atoms with Crippen molar-refractivity contribution in [2.24, 2.45) is 11.8 Å². The molecule has 0 aromatic rings. The molecule has 0 radical (unpaired) electrons. The van der Waals surface area contributed by atoms with Gasteiger partial charge in [0.05, 0.1) is 5.92 Å². The van der Waals surface area contributed by atoms with Crippen molar-refractivity contribution in [2.75, 3.05) is 0 Å². The lowest BCUT2D eigenvalue weighted by Crippen LogP contribution is -2.41. The highest BCUT2D eigenvalue weighted by atomic mass is 16.6. The average molecular weight is 228 g/mol. The smallest absolute Gasteiger partial charge is 0.309 e. The van der Waals surface area contributed by atoms with Crippen LogP contribution in [-0.2, 0) is 9.53 Å². The molecule has 0 rings (SSSR count). The third-order valence-electron chi connectivity index (χ3n) is 3.64. The van der Waals surface area contributed by atoms with Gasteiger partial charge in [-0.25, -0.2) is 0 Å². The monoisotopic (exact) mass is 228 g/mol. The molecule has 0 bridgehead atoms. The van der Waals surface area contributed by atoms with E-state index in [1.54, 1.807) is 0 Å². The lowest BCUT2D eigenvalue weighted by Gasteiger charge is -2.37. The third kappa shape index (κ3) is 3.80. The third-order valence-corrected chi connectivity index (χ3v) is 3.64. The second-order valence-electron chi connectivity index (χ2n) is 5.05. The molecule has 96 valence electrons. The molecule has 0 aliphatic carbocycles. The summed E-state index contributed by atoms with van der Waals surface area (Å²) in [5.74, 6) is 0.360. The summed E-state index contributed by atoms with van der Waals surface area (Å²) >= 11 is 0. The SMILES string of the molecule is CCCC(CC)(OC(=O)C(C)CC)C(C)C. The van der Waals surface area contributed by atoms with Crippen LogP contribution in [0.1, 0.15) is 67.2 Å². The zero-order chi connectivity index (χ0) is 12.8. The standard InChI is InChI=1S/C14H28O2/c1-7-10-14(9-3,11(4)5)16-13(15)12(6)8-2/h11-12H,7-10H2,1-6H3. The second kappa shape index (κ2) is 6.93. The minimum Gasteiger partial charge on any atom is -0.459 e. The van der Waals surface area contributed by atoms with Gasteiger partial charge >= 0.3 is 5.97 Å². The molecular weight excluding hydrogens is 200 g/mol. The molecule has 0 aromatic carbocycles. The van der Waals surface area contributed by atoms with E-state index in [2.05, 4.69) is 27.7 Å². The molecule has 2 atom stereocenters. The van der Waals surface area contributed by atoms with E-state index in [1.807, 2.05) is 13.8 Å². The van der Waals surface area contributed by atoms with Crippen molar-refractivity contribution < 1.29 is 9.53 Å². The van der Waals surface area contributed by atoms with Crippen LogP contribution in [0.2, 0.25) is 0 Å². The van der Waals surface area contributed by atoms with Crippen LogP contribution in [0, 0.1) is 11.8 Å². The zero-order valence-corrected chi connectivity index (χ0v) is 11.8. The van der Waals surface area contributed by atoms with Crippen LogP contribution in [0.15, 0.2) is 0 Å². The number of hydrogen-bond donors (Lipinski definition) is 0. The first kappa shape index (κ1) is 15.5. The lowest BCUT2D eigenvalue weighted by molar-refractivity contribution is -0.171. The fourth-order valence-electron chi connectivity index (χ4n) is 2.01. The zero-order valence-electron chi connectivity index (χ0n) is 11.8. The Hall–Kier alpha value is -0.530. The predicted molar refractivity (Wildman–Crippen MR) is 68.3 cm³/mol. The van der Waals surface area contributed by atoms with E-state index in [0.717, 1.165) is 25.7 Å². The van der Waals surface area contributed by atoms with Gasteiger partial charge in [-0.2, -0.15) is 0 Å². The highest BCUT2D eigenvalue weighted by Gasteiger charge is 2.35. The van der Waals surface area contributed by atoms with Crippen LogP contribution in [-0.4, -0.2) is 11.6 Å². The fraction of sp³-hybridized carbons (Fsp3) is 0.929. The number of carbonyl (C=O) groups is 1. The van der Waals surface area contributed by atoms with Gasteiger partial charge in [0.15, 0.2) is 0 Å². The summed E-state index contributed by atoms with van der Waals surface area (Å²) in [5, 5.41) is 0. The van der Waals surface area contributed by atoms with Gasteiger partial charge in [0.1, 0.15) is 5.60 Å². The molecule has 0 amide bonds. The Morgan fingerprint density at radius 2 is 1.75 bits per heavy atom. The number of hydrogen-bond acceptors (Lipinski definition) is 2. The van der Waals surface area contributed by atoms with Crippen molar-refractivity contribution in [2.45, 2.75) is 72.8 Å². The molecule has 0 aliphatic heterocycles. The predicted octanol–water partition coefficient (Wildman–Crippen LogP) is 4.18. The molecule has 0 spiro atoms. The van der Waals surface area contributed by atoms with Gasteiger partial charge in [-0.15, -0.1) is 0 Å².